The highest BCUT2D eigenvalue weighted by atomic mass is 16.5. The van der Waals surface area contributed by atoms with E-state index in [2.05, 4.69) is 0 Å². The van der Waals surface area contributed by atoms with Gasteiger partial charge in [0.2, 0.25) is 0 Å². The van der Waals surface area contributed by atoms with Gasteiger partial charge >= 0.3 is 5.97 Å². The first-order valence-electron chi connectivity index (χ1n) is 3.14. The molecule has 0 saturated carbocycles. The van der Waals surface area contributed by atoms with Gasteiger partial charge in [0.05, 0.1) is 5.57 Å². The van der Waals surface area contributed by atoms with E-state index >= 15 is 0 Å². The smallest absolute Gasteiger partial charge is 0.339 e. The third-order valence-electron chi connectivity index (χ3n) is 1.59. The van der Waals surface area contributed by atoms with Gasteiger partial charge in [0.15, 0.2) is 0 Å². The Balaban J connectivity index is 2.46. The van der Waals surface area contributed by atoms with Gasteiger partial charge in [0.25, 0.3) is 0 Å². The SMILES string of the molecule is O=C1OCC=C2C=CC=C12. The lowest BCUT2D eigenvalue weighted by molar-refractivity contribution is -0.138. The third-order valence-corrected chi connectivity index (χ3v) is 1.59. The van der Waals surface area contributed by atoms with Gasteiger partial charge in [-0.3, -0.25) is 0 Å². The second-order valence-electron chi connectivity index (χ2n) is 2.20. The first kappa shape index (κ1) is 5.47. The van der Waals surface area contributed by atoms with Crippen LogP contribution in [0.25, 0.3) is 0 Å². The van der Waals surface area contributed by atoms with Crippen molar-refractivity contribution < 1.29 is 9.53 Å². The molecular formula is C8H6O2. The molecule has 10 heavy (non-hydrogen) atoms. The van der Waals surface area contributed by atoms with E-state index in [4.69, 9.17) is 4.74 Å². The van der Waals surface area contributed by atoms with Crippen LogP contribution in [0.4, 0.5) is 0 Å². The molecule has 2 nitrogen and oxygen atoms in total. The van der Waals surface area contributed by atoms with E-state index in [0.717, 1.165) is 5.57 Å². The average molecular weight is 134 g/mol. The number of hydrogen-bond acceptors (Lipinski definition) is 2. The first-order valence-corrected chi connectivity index (χ1v) is 3.14. The maximum atomic E-state index is 10.9. The largest absolute Gasteiger partial charge is 0.458 e. The predicted octanol–water partition coefficient (Wildman–Crippen LogP) is 0.966. The molecule has 1 aliphatic heterocycles. The zero-order valence-electron chi connectivity index (χ0n) is 5.33. The van der Waals surface area contributed by atoms with Crippen molar-refractivity contribution >= 4 is 5.97 Å². The fraction of sp³-hybridized carbons (Fsp3) is 0.125. The average Bonchev–Trinajstić information content (AvgIpc) is 2.36. The van der Waals surface area contributed by atoms with Crippen molar-refractivity contribution in [1.29, 1.82) is 0 Å². The van der Waals surface area contributed by atoms with Crippen LogP contribution in [0.1, 0.15) is 0 Å². The maximum Gasteiger partial charge on any atom is 0.339 e. The summed E-state index contributed by atoms with van der Waals surface area (Å²) >= 11 is 0. The molecule has 0 N–H and O–H groups in total. The summed E-state index contributed by atoms with van der Waals surface area (Å²) < 4.78 is 4.77. The van der Waals surface area contributed by atoms with E-state index in [1.165, 1.54) is 0 Å². The molecule has 0 saturated heterocycles. The van der Waals surface area contributed by atoms with Crippen molar-refractivity contribution in [3.63, 3.8) is 0 Å². The summed E-state index contributed by atoms with van der Waals surface area (Å²) in [4.78, 5) is 10.9. The van der Waals surface area contributed by atoms with Gasteiger partial charge in [-0.15, -0.1) is 0 Å². The van der Waals surface area contributed by atoms with Crippen LogP contribution in [0.2, 0.25) is 0 Å². The summed E-state index contributed by atoms with van der Waals surface area (Å²) in [6.07, 6.45) is 7.44. The Labute approximate surface area is 58.5 Å². The molecule has 0 amide bonds. The molecule has 0 radical (unpaired) electrons. The van der Waals surface area contributed by atoms with Crippen molar-refractivity contribution in [2.75, 3.05) is 6.61 Å². The van der Waals surface area contributed by atoms with Crippen LogP contribution >= 0.6 is 0 Å². The molecule has 1 aliphatic carbocycles. The standard InChI is InChI=1S/C8H6O2/c9-8-7-3-1-2-6(7)4-5-10-8/h1-4H,5H2. The molecule has 0 atom stereocenters. The van der Waals surface area contributed by atoms with Gasteiger partial charge < -0.3 is 4.74 Å². The Hall–Kier alpha value is -1.31. The van der Waals surface area contributed by atoms with Crippen molar-refractivity contribution in [3.8, 4) is 0 Å². The van der Waals surface area contributed by atoms with E-state index in [1.807, 2.05) is 18.2 Å². The zero-order valence-corrected chi connectivity index (χ0v) is 5.33. The van der Waals surface area contributed by atoms with Crippen LogP contribution in [0.3, 0.4) is 0 Å². The van der Waals surface area contributed by atoms with Crippen molar-refractivity contribution in [3.05, 3.63) is 35.5 Å². The fourth-order valence-electron chi connectivity index (χ4n) is 1.08. The van der Waals surface area contributed by atoms with Crippen LogP contribution in [-0.4, -0.2) is 12.6 Å². The minimum absolute atomic E-state index is 0.206. The lowest BCUT2D eigenvalue weighted by atomic mass is 10.1. The molecule has 50 valence electrons. The molecule has 2 rings (SSSR count). The molecule has 1 heterocycles. The summed E-state index contributed by atoms with van der Waals surface area (Å²) in [7, 11) is 0. The van der Waals surface area contributed by atoms with Crippen molar-refractivity contribution in [1.82, 2.24) is 0 Å². The quantitative estimate of drug-likeness (QED) is 0.461. The summed E-state index contributed by atoms with van der Waals surface area (Å²) in [5.41, 5.74) is 1.68. The van der Waals surface area contributed by atoms with Crippen molar-refractivity contribution in [2.45, 2.75) is 0 Å². The molecule has 0 spiro atoms. The molecule has 2 aliphatic rings. The number of carbonyl (C=O) groups excluding carboxylic acids is 1. The Morgan fingerprint density at radius 3 is 3.20 bits per heavy atom. The second-order valence-corrected chi connectivity index (χ2v) is 2.20. The topological polar surface area (TPSA) is 26.3 Å². The number of carbonyl (C=O) groups is 1. The highest BCUT2D eigenvalue weighted by molar-refractivity contribution is 5.97. The van der Waals surface area contributed by atoms with E-state index in [1.54, 1.807) is 6.08 Å². The minimum Gasteiger partial charge on any atom is -0.458 e. The number of esters is 1. The van der Waals surface area contributed by atoms with E-state index in [0.29, 0.717) is 12.2 Å². The van der Waals surface area contributed by atoms with Gasteiger partial charge in [-0.05, 0) is 17.7 Å². The zero-order chi connectivity index (χ0) is 6.97. The van der Waals surface area contributed by atoms with E-state index in [-0.39, 0.29) is 5.97 Å². The van der Waals surface area contributed by atoms with Crippen LogP contribution < -0.4 is 0 Å². The monoisotopic (exact) mass is 134 g/mol. The molecular weight excluding hydrogens is 128 g/mol. The first-order chi connectivity index (χ1) is 4.88. The molecule has 0 bridgehead atoms. The number of hydrogen-bond donors (Lipinski definition) is 0. The predicted molar refractivity (Wildman–Crippen MR) is 36.3 cm³/mol. The minimum atomic E-state index is -0.206. The summed E-state index contributed by atoms with van der Waals surface area (Å²) in [6.45, 7) is 0.413. The lowest BCUT2D eigenvalue weighted by Gasteiger charge is -2.09. The number of allylic oxidation sites excluding steroid dienone is 3. The van der Waals surface area contributed by atoms with Crippen LogP contribution in [0.5, 0.6) is 0 Å². The van der Waals surface area contributed by atoms with Gasteiger partial charge in [-0.25, -0.2) is 4.79 Å². The Bertz CT molecular complexity index is 269. The second kappa shape index (κ2) is 1.84. The van der Waals surface area contributed by atoms with Gasteiger partial charge in [-0.1, -0.05) is 12.2 Å². The van der Waals surface area contributed by atoms with E-state index < -0.39 is 0 Å². The highest BCUT2D eigenvalue weighted by Crippen LogP contribution is 2.22. The van der Waals surface area contributed by atoms with Gasteiger partial charge in [0, 0.05) is 0 Å². The number of cyclic esters (lactones) is 1. The fourth-order valence-corrected chi connectivity index (χ4v) is 1.08. The Morgan fingerprint density at radius 1 is 1.50 bits per heavy atom. The summed E-state index contributed by atoms with van der Waals surface area (Å²) in [5, 5.41) is 0. The van der Waals surface area contributed by atoms with Crippen LogP contribution in [0, 0.1) is 0 Å². The molecule has 0 fully saturated rings. The van der Waals surface area contributed by atoms with Crippen LogP contribution in [-0.2, 0) is 9.53 Å². The Morgan fingerprint density at radius 2 is 2.40 bits per heavy atom. The van der Waals surface area contributed by atoms with Gasteiger partial charge in [-0.2, -0.15) is 0 Å². The number of ether oxygens (including phenoxy) is 1. The number of rotatable bonds is 0. The van der Waals surface area contributed by atoms with Crippen LogP contribution in [0.15, 0.2) is 35.5 Å². The Kier molecular flexibility index (Phi) is 1.01. The number of fused-ring (bicyclic) bond motifs is 1. The molecule has 0 aromatic heterocycles. The van der Waals surface area contributed by atoms with Gasteiger partial charge in [0.1, 0.15) is 6.61 Å². The molecule has 0 unspecified atom stereocenters. The lowest BCUT2D eigenvalue weighted by Crippen LogP contribution is -2.13. The molecule has 2 heteroatoms. The highest BCUT2D eigenvalue weighted by Gasteiger charge is 2.19. The summed E-state index contributed by atoms with van der Waals surface area (Å²) in [6, 6.07) is 0. The third kappa shape index (κ3) is 0.620. The summed E-state index contributed by atoms with van der Waals surface area (Å²) in [5.74, 6) is -0.206. The van der Waals surface area contributed by atoms with Crippen molar-refractivity contribution in [2.24, 2.45) is 0 Å². The normalized spacial score (nSPS) is 21.4. The maximum absolute atomic E-state index is 10.9. The molecule has 0 aromatic carbocycles. The van der Waals surface area contributed by atoms with E-state index in [9.17, 15) is 4.79 Å². The molecule has 0 aromatic rings.